The fraction of sp³-hybridized carbons (Fsp3) is 0.278. The first kappa shape index (κ1) is 19.7. The molecule has 2 aromatic rings. The van der Waals surface area contributed by atoms with Crippen molar-refractivity contribution < 1.29 is 27.4 Å². The first-order chi connectivity index (χ1) is 12.4. The van der Waals surface area contributed by atoms with E-state index in [4.69, 9.17) is 14.2 Å². The first-order valence-corrected chi connectivity index (χ1v) is 9.25. The quantitative estimate of drug-likeness (QED) is 0.703. The third-order valence-corrected chi connectivity index (χ3v) is 5.20. The fourth-order valence-electron chi connectivity index (χ4n) is 2.40. The third-order valence-electron chi connectivity index (χ3n) is 3.73. The Morgan fingerprint density at radius 3 is 2.23 bits per heavy atom. The number of carbonyl (C=O) groups is 1. The zero-order chi connectivity index (χ0) is 19.2. The van der Waals surface area contributed by atoms with Gasteiger partial charge in [0.05, 0.1) is 26.2 Å². The molecule has 0 spiro atoms. The highest BCUT2D eigenvalue weighted by atomic mass is 32.2. The Morgan fingerprint density at radius 1 is 1.00 bits per heavy atom. The molecule has 0 saturated carbocycles. The molecule has 0 fully saturated rings. The van der Waals surface area contributed by atoms with Crippen LogP contribution in [0.2, 0.25) is 0 Å². The second-order valence-corrected chi connectivity index (χ2v) is 7.12. The molecule has 8 heteroatoms. The number of esters is 1. The van der Waals surface area contributed by atoms with Crippen LogP contribution in [0, 0.1) is 0 Å². The maximum absolute atomic E-state index is 12.7. The molecule has 0 aliphatic heterocycles. The minimum atomic E-state index is -3.98. The van der Waals surface area contributed by atoms with Gasteiger partial charge >= 0.3 is 5.97 Å². The Balaban J connectivity index is 2.29. The molecule has 0 bridgehead atoms. The van der Waals surface area contributed by atoms with Gasteiger partial charge in [0.1, 0.15) is 6.04 Å². The van der Waals surface area contributed by atoms with E-state index in [-0.39, 0.29) is 17.1 Å². The van der Waals surface area contributed by atoms with Crippen molar-refractivity contribution in [1.29, 1.82) is 0 Å². The van der Waals surface area contributed by atoms with Gasteiger partial charge in [0.2, 0.25) is 10.0 Å². The largest absolute Gasteiger partial charge is 0.493 e. The highest BCUT2D eigenvalue weighted by molar-refractivity contribution is 7.89. The Morgan fingerprint density at radius 2 is 1.65 bits per heavy atom. The number of benzene rings is 2. The number of nitrogens with one attached hydrogen (secondary N) is 1. The predicted molar refractivity (Wildman–Crippen MR) is 95.8 cm³/mol. The van der Waals surface area contributed by atoms with Crippen molar-refractivity contribution >= 4 is 16.0 Å². The van der Waals surface area contributed by atoms with Crippen LogP contribution < -0.4 is 14.2 Å². The molecule has 7 nitrogen and oxygen atoms in total. The van der Waals surface area contributed by atoms with Crippen molar-refractivity contribution in [2.24, 2.45) is 0 Å². The molecule has 0 aliphatic rings. The molecular weight excluding hydrogens is 358 g/mol. The summed E-state index contributed by atoms with van der Waals surface area (Å²) in [6, 6.07) is 12.2. The van der Waals surface area contributed by atoms with E-state index < -0.39 is 22.0 Å². The van der Waals surface area contributed by atoms with Gasteiger partial charge in [-0.25, -0.2) is 8.42 Å². The number of rotatable bonds is 8. The third kappa shape index (κ3) is 4.74. The second kappa shape index (κ2) is 8.68. The van der Waals surface area contributed by atoms with E-state index in [1.807, 2.05) is 18.2 Å². The van der Waals surface area contributed by atoms with E-state index in [9.17, 15) is 13.2 Å². The lowest BCUT2D eigenvalue weighted by molar-refractivity contribution is -0.142. The smallest absolute Gasteiger partial charge is 0.324 e. The van der Waals surface area contributed by atoms with Crippen molar-refractivity contribution in [2.75, 3.05) is 21.3 Å². The van der Waals surface area contributed by atoms with Gasteiger partial charge in [-0.3, -0.25) is 4.79 Å². The average molecular weight is 379 g/mol. The average Bonchev–Trinajstić information content (AvgIpc) is 2.66. The van der Waals surface area contributed by atoms with Crippen molar-refractivity contribution in [3.63, 3.8) is 0 Å². The number of methoxy groups -OCH3 is 3. The first-order valence-electron chi connectivity index (χ1n) is 7.77. The predicted octanol–water partition coefficient (Wildman–Crippen LogP) is 1.77. The molecule has 26 heavy (non-hydrogen) atoms. The summed E-state index contributed by atoms with van der Waals surface area (Å²) < 4.78 is 42.8. The van der Waals surface area contributed by atoms with Crippen molar-refractivity contribution in [2.45, 2.75) is 17.4 Å². The molecule has 1 N–H and O–H groups in total. The van der Waals surface area contributed by atoms with Crippen molar-refractivity contribution in [1.82, 2.24) is 4.72 Å². The van der Waals surface area contributed by atoms with E-state index in [1.165, 1.54) is 39.5 Å². The maximum Gasteiger partial charge on any atom is 0.324 e. The molecule has 0 radical (unpaired) electrons. The standard InChI is InChI=1S/C18H21NO6S/c1-23-16-10-9-14(12-17(16)24-2)26(21,22)19-15(18(20)25-3)11-13-7-5-4-6-8-13/h4-10,12,15,19H,11H2,1-3H3. The molecule has 0 amide bonds. The van der Waals surface area contributed by atoms with Gasteiger partial charge < -0.3 is 14.2 Å². The van der Waals surface area contributed by atoms with E-state index in [0.29, 0.717) is 5.75 Å². The van der Waals surface area contributed by atoms with Gasteiger partial charge in [0.15, 0.2) is 11.5 Å². The molecule has 1 unspecified atom stereocenters. The highest BCUT2D eigenvalue weighted by Crippen LogP contribution is 2.29. The lowest BCUT2D eigenvalue weighted by Crippen LogP contribution is -2.42. The Kier molecular flexibility index (Phi) is 6.59. The summed E-state index contributed by atoms with van der Waals surface area (Å²) in [6.07, 6.45) is 0.167. The monoisotopic (exact) mass is 379 g/mol. The zero-order valence-electron chi connectivity index (χ0n) is 14.8. The van der Waals surface area contributed by atoms with Crippen LogP contribution in [-0.4, -0.2) is 41.8 Å². The zero-order valence-corrected chi connectivity index (χ0v) is 15.6. The number of hydrogen-bond donors (Lipinski definition) is 1. The van der Waals surface area contributed by atoms with E-state index in [0.717, 1.165) is 5.56 Å². The van der Waals surface area contributed by atoms with Crippen LogP contribution >= 0.6 is 0 Å². The molecule has 0 aliphatic carbocycles. The Hall–Kier alpha value is -2.58. The summed E-state index contributed by atoms with van der Waals surface area (Å²) in [4.78, 5) is 12.0. The van der Waals surface area contributed by atoms with Crippen LogP contribution in [0.3, 0.4) is 0 Å². The summed E-state index contributed by atoms with van der Waals surface area (Å²) in [5.74, 6) is 0.00575. The van der Waals surface area contributed by atoms with Gasteiger partial charge in [-0.1, -0.05) is 30.3 Å². The van der Waals surface area contributed by atoms with Crippen molar-refractivity contribution in [3.8, 4) is 11.5 Å². The van der Waals surface area contributed by atoms with Crippen LogP contribution in [0.25, 0.3) is 0 Å². The Labute approximate surface area is 152 Å². The van der Waals surface area contributed by atoms with Gasteiger partial charge in [0.25, 0.3) is 0 Å². The van der Waals surface area contributed by atoms with Crippen LogP contribution in [0.5, 0.6) is 11.5 Å². The topological polar surface area (TPSA) is 90.9 Å². The number of sulfonamides is 1. The maximum atomic E-state index is 12.7. The van der Waals surface area contributed by atoms with Crippen LogP contribution in [-0.2, 0) is 26.0 Å². The molecule has 2 aromatic carbocycles. The molecule has 0 aromatic heterocycles. The van der Waals surface area contributed by atoms with Gasteiger partial charge in [-0.15, -0.1) is 0 Å². The van der Waals surface area contributed by atoms with E-state index >= 15 is 0 Å². The Bertz CT molecular complexity index is 851. The molecule has 0 heterocycles. The molecule has 1 atom stereocenters. The summed E-state index contributed by atoms with van der Waals surface area (Å²) in [5.41, 5.74) is 0.804. The van der Waals surface area contributed by atoms with Gasteiger partial charge in [-0.2, -0.15) is 4.72 Å². The number of ether oxygens (including phenoxy) is 3. The fourth-order valence-corrected chi connectivity index (χ4v) is 3.60. The molecule has 140 valence electrons. The number of carbonyl (C=O) groups excluding carboxylic acids is 1. The molecule has 2 rings (SSSR count). The van der Waals surface area contributed by atoms with Crippen LogP contribution in [0.15, 0.2) is 53.4 Å². The summed E-state index contributed by atoms with van der Waals surface area (Å²) in [5, 5.41) is 0. The van der Waals surface area contributed by atoms with E-state index in [2.05, 4.69) is 4.72 Å². The number of hydrogen-bond acceptors (Lipinski definition) is 6. The summed E-state index contributed by atoms with van der Waals surface area (Å²) >= 11 is 0. The summed E-state index contributed by atoms with van der Waals surface area (Å²) in [7, 11) is 0.101. The lowest BCUT2D eigenvalue weighted by Gasteiger charge is -2.17. The molecule has 0 saturated heterocycles. The highest BCUT2D eigenvalue weighted by Gasteiger charge is 2.27. The van der Waals surface area contributed by atoms with E-state index in [1.54, 1.807) is 12.1 Å². The minimum absolute atomic E-state index is 0.0443. The second-order valence-electron chi connectivity index (χ2n) is 5.40. The SMILES string of the molecule is COC(=O)C(Cc1ccccc1)NS(=O)(=O)c1ccc(OC)c(OC)c1. The van der Waals surface area contributed by atoms with Crippen molar-refractivity contribution in [3.05, 3.63) is 54.1 Å². The lowest BCUT2D eigenvalue weighted by atomic mass is 10.1. The normalized spacial score (nSPS) is 12.3. The van der Waals surface area contributed by atoms with Crippen LogP contribution in [0.1, 0.15) is 5.56 Å². The summed E-state index contributed by atoms with van der Waals surface area (Å²) in [6.45, 7) is 0. The molecular formula is C18H21NO6S. The van der Waals surface area contributed by atoms with Crippen LogP contribution in [0.4, 0.5) is 0 Å². The van der Waals surface area contributed by atoms with Gasteiger partial charge in [-0.05, 0) is 24.1 Å². The minimum Gasteiger partial charge on any atom is -0.493 e. The van der Waals surface area contributed by atoms with Gasteiger partial charge in [0, 0.05) is 6.07 Å².